The van der Waals surface area contributed by atoms with E-state index in [1.54, 1.807) is 11.8 Å². The molecule has 0 radical (unpaired) electrons. The molecule has 1 aliphatic heterocycles. The van der Waals surface area contributed by atoms with Crippen molar-refractivity contribution in [1.29, 1.82) is 0 Å². The van der Waals surface area contributed by atoms with Crippen molar-refractivity contribution in [2.24, 2.45) is 5.10 Å². The number of nitrogens with one attached hydrogen (secondary N) is 2. The van der Waals surface area contributed by atoms with Crippen LogP contribution in [0.25, 0.3) is 0 Å². The standard InChI is InChI=1S/C25H26N4OS/c1-4-29(5-2)20-13-10-18(11-14-20)25(30)28-27-17(3)19-12-15-24-22(16-19)26-21-8-6-7-9-23(21)31-24/h6-16,26H,4-5H2,1-3H3,(H,28,30)/b27-17-. The number of rotatable bonds is 6. The van der Waals surface area contributed by atoms with Crippen LogP contribution in [0.15, 0.2) is 81.6 Å². The topological polar surface area (TPSA) is 56.7 Å². The van der Waals surface area contributed by atoms with Crippen molar-refractivity contribution in [2.75, 3.05) is 23.3 Å². The summed E-state index contributed by atoms with van der Waals surface area (Å²) in [4.78, 5) is 17.2. The van der Waals surface area contributed by atoms with Gasteiger partial charge >= 0.3 is 0 Å². The van der Waals surface area contributed by atoms with Crippen LogP contribution in [0.2, 0.25) is 0 Å². The number of hydrogen-bond acceptors (Lipinski definition) is 5. The molecule has 0 aliphatic carbocycles. The Morgan fingerprint density at radius 3 is 2.35 bits per heavy atom. The van der Waals surface area contributed by atoms with E-state index in [-0.39, 0.29) is 5.91 Å². The zero-order valence-electron chi connectivity index (χ0n) is 18.0. The SMILES string of the molecule is CCN(CC)c1ccc(C(=O)N/N=C(/C)c2ccc3c(c2)Nc2ccccc2S3)cc1. The third-order valence-corrected chi connectivity index (χ3v) is 6.51. The molecule has 31 heavy (non-hydrogen) atoms. The molecule has 0 unspecified atom stereocenters. The van der Waals surface area contributed by atoms with Crippen LogP contribution in [0, 0.1) is 0 Å². The summed E-state index contributed by atoms with van der Waals surface area (Å²) >= 11 is 1.75. The molecule has 6 heteroatoms. The van der Waals surface area contributed by atoms with Crippen molar-refractivity contribution in [2.45, 2.75) is 30.6 Å². The van der Waals surface area contributed by atoms with Crippen LogP contribution in [-0.4, -0.2) is 24.7 Å². The Hall–Kier alpha value is -3.25. The fourth-order valence-electron chi connectivity index (χ4n) is 3.54. The third kappa shape index (κ3) is 4.59. The maximum atomic E-state index is 12.5. The number of anilines is 3. The van der Waals surface area contributed by atoms with Gasteiger partial charge in [-0.2, -0.15) is 5.10 Å². The van der Waals surface area contributed by atoms with Gasteiger partial charge in [-0.15, -0.1) is 0 Å². The first-order valence-electron chi connectivity index (χ1n) is 10.5. The molecule has 4 rings (SSSR count). The number of hydrogen-bond donors (Lipinski definition) is 2. The lowest BCUT2D eigenvalue weighted by molar-refractivity contribution is 0.0955. The van der Waals surface area contributed by atoms with Gasteiger partial charge in [0, 0.05) is 34.1 Å². The van der Waals surface area contributed by atoms with E-state index in [9.17, 15) is 4.79 Å². The summed E-state index contributed by atoms with van der Waals surface area (Å²) in [5, 5.41) is 7.81. The summed E-state index contributed by atoms with van der Waals surface area (Å²) in [6.07, 6.45) is 0. The number of carbonyl (C=O) groups is 1. The quantitative estimate of drug-likeness (QED) is 0.296. The average Bonchev–Trinajstić information content (AvgIpc) is 2.81. The van der Waals surface area contributed by atoms with Crippen molar-refractivity contribution >= 4 is 40.4 Å². The molecule has 1 aliphatic rings. The second-order valence-corrected chi connectivity index (χ2v) is 8.38. The van der Waals surface area contributed by atoms with Gasteiger partial charge in [0.25, 0.3) is 5.91 Å². The van der Waals surface area contributed by atoms with E-state index in [4.69, 9.17) is 0 Å². The Labute approximate surface area is 187 Å². The number of benzene rings is 3. The molecule has 0 spiro atoms. The van der Waals surface area contributed by atoms with Gasteiger partial charge in [0.1, 0.15) is 0 Å². The summed E-state index contributed by atoms with van der Waals surface area (Å²) < 4.78 is 0. The van der Waals surface area contributed by atoms with Crippen molar-refractivity contribution in [1.82, 2.24) is 5.43 Å². The summed E-state index contributed by atoms with van der Waals surface area (Å²) in [6.45, 7) is 8.01. The van der Waals surface area contributed by atoms with Crippen molar-refractivity contribution < 1.29 is 4.79 Å². The number of fused-ring (bicyclic) bond motifs is 2. The molecule has 0 saturated heterocycles. The van der Waals surface area contributed by atoms with Crippen molar-refractivity contribution in [3.05, 3.63) is 77.9 Å². The third-order valence-electron chi connectivity index (χ3n) is 5.36. The van der Waals surface area contributed by atoms with Crippen LogP contribution < -0.4 is 15.6 Å². The number of para-hydroxylation sites is 1. The predicted molar refractivity (Wildman–Crippen MR) is 130 cm³/mol. The molecule has 0 atom stereocenters. The second kappa shape index (κ2) is 9.27. The molecule has 3 aromatic rings. The lowest BCUT2D eigenvalue weighted by Crippen LogP contribution is -2.22. The number of hydrazone groups is 1. The number of carbonyl (C=O) groups excluding carboxylic acids is 1. The van der Waals surface area contributed by atoms with Gasteiger partial charge in [0.15, 0.2) is 0 Å². The minimum Gasteiger partial charge on any atom is -0.372 e. The van der Waals surface area contributed by atoms with E-state index < -0.39 is 0 Å². The zero-order chi connectivity index (χ0) is 21.8. The first-order valence-corrected chi connectivity index (χ1v) is 11.3. The van der Waals surface area contributed by atoms with E-state index in [0.29, 0.717) is 5.56 Å². The van der Waals surface area contributed by atoms with Crippen LogP contribution in [0.3, 0.4) is 0 Å². The number of nitrogens with zero attached hydrogens (tertiary/aromatic N) is 2. The van der Waals surface area contributed by atoms with E-state index in [0.717, 1.165) is 41.4 Å². The minimum absolute atomic E-state index is 0.217. The van der Waals surface area contributed by atoms with Gasteiger partial charge in [0.05, 0.1) is 17.1 Å². The molecule has 158 valence electrons. The lowest BCUT2D eigenvalue weighted by Gasteiger charge is -2.21. The molecule has 2 N–H and O–H groups in total. The maximum absolute atomic E-state index is 12.5. The average molecular weight is 431 g/mol. The molecule has 0 saturated carbocycles. The summed E-state index contributed by atoms with van der Waals surface area (Å²) in [6, 6.07) is 22.1. The maximum Gasteiger partial charge on any atom is 0.271 e. The highest BCUT2D eigenvalue weighted by atomic mass is 32.2. The van der Waals surface area contributed by atoms with Crippen molar-refractivity contribution in [3.8, 4) is 0 Å². The van der Waals surface area contributed by atoms with Gasteiger partial charge in [-0.05, 0) is 74.9 Å². The van der Waals surface area contributed by atoms with Crippen molar-refractivity contribution in [3.63, 3.8) is 0 Å². The molecule has 1 heterocycles. The zero-order valence-corrected chi connectivity index (χ0v) is 18.8. The monoisotopic (exact) mass is 430 g/mol. The van der Waals surface area contributed by atoms with Gasteiger partial charge in [-0.25, -0.2) is 5.43 Å². The normalized spacial score (nSPS) is 12.4. The molecule has 0 bridgehead atoms. The second-order valence-electron chi connectivity index (χ2n) is 7.29. The Kier molecular flexibility index (Phi) is 6.28. The molecule has 3 aromatic carbocycles. The molecule has 5 nitrogen and oxygen atoms in total. The fraction of sp³-hybridized carbons (Fsp3) is 0.200. The molecular formula is C25H26N4OS. The van der Waals surface area contributed by atoms with E-state index in [2.05, 4.69) is 58.9 Å². The fourth-order valence-corrected chi connectivity index (χ4v) is 4.51. The van der Waals surface area contributed by atoms with Gasteiger partial charge in [0.2, 0.25) is 0 Å². The van der Waals surface area contributed by atoms with Crippen LogP contribution in [0.4, 0.5) is 17.1 Å². The van der Waals surface area contributed by atoms with E-state index >= 15 is 0 Å². The summed E-state index contributed by atoms with van der Waals surface area (Å²) in [7, 11) is 0. The Balaban J connectivity index is 1.45. The van der Waals surface area contributed by atoms with Crippen LogP contribution in [0.1, 0.15) is 36.7 Å². The smallest absolute Gasteiger partial charge is 0.271 e. The first kappa shape index (κ1) is 21.0. The molecule has 0 fully saturated rings. The molecular weight excluding hydrogens is 404 g/mol. The van der Waals surface area contributed by atoms with Crippen LogP contribution in [-0.2, 0) is 0 Å². The molecule has 1 amide bonds. The summed E-state index contributed by atoms with van der Waals surface area (Å²) in [5.74, 6) is -0.217. The number of amides is 1. The van der Waals surface area contributed by atoms with Crippen LogP contribution >= 0.6 is 11.8 Å². The summed E-state index contributed by atoms with van der Waals surface area (Å²) in [5.41, 5.74) is 8.25. The minimum atomic E-state index is -0.217. The largest absolute Gasteiger partial charge is 0.372 e. The van der Waals surface area contributed by atoms with E-state index in [1.165, 1.54) is 9.79 Å². The predicted octanol–water partition coefficient (Wildman–Crippen LogP) is 5.90. The van der Waals surface area contributed by atoms with Gasteiger partial charge in [-0.3, -0.25) is 4.79 Å². The van der Waals surface area contributed by atoms with Crippen LogP contribution in [0.5, 0.6) is 0 Å². The van der Waals surface area contributed by atoms with Gasteiger partial charge < -0.3 is 10.2 Å². The lowest BCUT2D eigenvalue weighted by atomic mass is 10.1. The first-order chi connectivity index (χ1) is 15.1. The highest BCUT2D eigenvalue weighted by Gasteiger charge is 2.16. The molecule has 0 aromatic heterocycles. The van der Waals surface area contributed by atoms with E-state index in [1.807, 2.05) is 49.4 Å². The van der Waals surface area contributed by atoms with Gasteiger partial charge in [-0.1, -0.05) is 30.0 Å². The highest BCUT2D eigenvalue weighted by Crippen LogP contribution is 2.44. The Bertz CT molecular complexity index is 1120. The highest BCUT2D eigenvalue weighted by molar-refractivity contribution is 7.99. The Morgan fingerprint density at radius 1 is 0.935 bits per heavy atom. The Morgan fingerprint density at radius 2 is 1.61 bits per heavy atom.